The van der Waals surface area contributed by atoms with Crippen molar-refractivity contribution >= 4 is 16.7 Å². The van der Waals surface area contributed by atoms with E-state index in [9.17, 15) is 9.59 Å². The minimum Gasteiger partial charge on any atom is -0.338 e. The number of aromatic nitrogens is 2. The van der Waals surface area contributed by atoms with Crippen LogP contribution in [0, 0.1) is 12.8 Å². The predicted molar refractivity (Wildman–Crippen MR) is 96.6 cm³/mol. The molecule has 1 saturated heterocycles. The van der Waals surface area contributed by atoms with Gasteiger partial charge in [0.25, 0.3) is 11.5 Å². The van der Waals surface area contributed by atoms with Crippen molar-refractivity contribution in [2.45, 2.75) is 13.5 Å². The SMILES string of the molecule is Cc1ccc(=O)n(CC2CN(C(=O)c3ccc4ccccc4c3)C2)n1. The molecule has 2 aromatic carbocycles. The summed E-state index contributed by atoms with van der Waals surface area (Å²) in [6.07, 6.45) is 0. The van der Waals surface area contributed by atoms with Gasteiger partial charge in [-0.25, -0.2) is 4.68 Å². The van der Waals surface area contributed by atoms with E-state index in [1.165, 1.54) is 4.68 Å². The molecule has 0 aliphatic carbocycles. The van der Waals surface area contributed by atoms with Gasteiger partial charge in [0.1, 0.15) is 0 Å². The molecule has 0 unspecified atom stereocenters. The van der Waals surface area contributed by atoms with Gasteiger partial charge in [0.2, 0.25) is 0 Å². The van der Waals surface area contributed by atoms with Crippen molar-refractivity contribution in [3.63, 3.8) is 0 Å². The molecule has 2 heterocycles. The Morgan fingerprint density at radius 2 is 1.84 bits per heavy atom. The molecule has 5 nitrogen and oxygen atoms in total. The summed E-state index contributed by atoms with van der Waals surface area (Å²) in [6.45, 7) is 3.75. The zero-order valence-corrected chi connectivity index (χ0v) is 14.1. The number of hydrogen-bond acceptors (Lipinski definition) is 3. The van der Waals surface area contributed by atoms with Crippen molar-refractivity contribution in [3.05, 3.63) is 76.2 Å². The number of carbonyl (C=O) groups excluding carboxylic acids is 1. The van der Waals surface area contributed by atoms with Gasteiger partial charge in [0.15, 0.2) is 0 Å². The van der Waals surface area contributed by atoms with Crippen LogP contribution in [0.25, 0.3) is 10.8 Å². The monoisotopic (exact) mass is 333 g/mol. The molecule has 1 fully saturated rings. The third-order valence-corrected chi connectivity index (χ3v) is 4.67. The molecular formula is C20H19N3O2. The largest absolute Gasteiger partial charge is 0.338 e. The number of nitrogens with zero attached hydrogens (tertiary/aromatic N) is 3. The summed E-state index contributed by atoms with van der Waals surface area (Å²) in [7, 11) is 0. The minimum atomic E-state index is -0.0927. The molecule has 4 rings (SSSR count). The number of aryl methyl sites for hydroxylation is 1. The molecule has 5 heteroatoms. The number of benzene rings is 2. The average Bonchev–Trinajstić information content (AvgIpc) is 2.59. The molecule has 1 aliphatic heterocycles. The van der Waals surface area contributed by atoms with Crippen LogP contribution in [0.1, 0.15) is 16.1 Å². The topological polar surface area (TPSA) is 55.2 Å². The van der Waals surface area contributed by atoms with Gasteiger partial charge in [0.05, 0.1) is 12.2 Å². The Morgan fingerprint density at radius 3 is 2.64 bits per heavy atom. The van der Waals surface area contributed by atoms with Crippen molar-refractivity contribution in [3.8, 4) is 0 Å². The summed E-state index contributed by atoms with van der Waals surface area (Å²) in [4.78, 5) is 26.3. The lowest BCUT2D eigenvalue weighted by atomic mass is 9.98. The quantitative estimate of drug-likeness (QED) is 0.740. The number of hydrogen-bond donors (Lipinski definition) is 0. The lowest BCUT2D eigenvalue weighted by Crippen LogP contribution is -2.52. The van der Waals surface area contributed by atoms with Gasteiger partial charge in [-0.3, -0.25) is 9.59 Å². The molecule has 1 amide bonds. The van der Waals surface area contributed by atoms with Crippen LogP contribution in [0.15, 0.2) is 59.4 Å². The third kappa shape index (κ3) is 3.05. The van der Waals surface area contributed by atoms with Gasteiger partial charge in [-0.15, -0.1) is 0 Å². The maximum absolute atomic E-state index is 12.6. The van der Waals surface area contributed by atoms with Crippen molar-refractivity contribution in [2.24, 2.45) is 5.92 Å². The van der Waals surface area contributed by atoms with Crippen molar-refractivity contribution in [2.75, 3.05) is 13.1 Å². The zero-order valence-electron chi connectivity index (χ0n) is 14.1. The first kappa shape index (κ1) is 15.6. The van der Waals surface area contributed by atoms with Gasteiger partial charge in [-0.2, -0.15) is 5.10 Å². The second-order valence-corrected chi connectivity index (χ2v) is 6.63. The van der Waals surface area contributed by atoms with Gasteiger partial charge in [-0.05, 0) is 35.9 Å². The zero-order chi connectivity index (χ0) is 17.4. The Morgan fingerprint density at radius 1 is 1.08 bits per heavy atom. The molecule has 1 aromatic heterocycles. The van der Waals surface area contributed by atoms with Crippen LogP contribution in [0.5, 0.6) is 0 Å². The standard InChI is InChI=1S/C20H19N3O2/c1-14-6-9-19(24)23(21-14)13-15-11-22(12-15)20(25)18-8-7-16-4-2-3-5-17(16)10-18/h2-10,15H,11-13H2,1H3. The lowest BCUT2D eigenvalue weighted by molar-refractivity contribution is 0.0458. The van der Waals surface area contributed by atoms with Crippen LogP contribution in [-0.4, -0.2) is 33.7 Å². The maximum atomic E-state index is 12.6. The lowest BCUT2D eigenvalue weighted by Gasteiger charge is -2.39. The highest BCUT2D eigenvalue weighted by Crippen LogP contribution is 2.22. The molecule has 0 saturated carbocycles. The van der Waals surface area contributed by atoms with Gasteiger partial charge in [-0.1, -0.05) is 30.3 Å². The fourth-order valence-electron chi connectivity index (χ4n) is 3.28. The number of fused-ring (bicyclic) bond motifs is 1. The Balaban J connectivity index is 1.43. The third-order valence-electron chi connectivity index (χ3n) is 4.67. The molecule has 3 aromatic rings. The van der Waals surface area contributed by atoms with E-state index in [1.807, 2.05) is 54.3 Å². The van der Waals surface area contributed by atoms with Crippen molar-refractivity contribution in [1.29, 1.82) is 0 Å². The van der Waals surface area contributed by atoms with E-state index in [2.05, 4.69) is 5.10 Å². The molecule has 0 N–H and O–H groups in total. The summed E-state index contributed by atoms with van der Waals surface area (Å²) in [6, 6.07) is 17.1. The van der Waals surface area contributed by atoms with Crippen LogP contribution in [0.3, 0.4) is 0 Å². The van der Waals surface area contributed by atoms with E-state index in [1.54, 1.807) is 12.1 Å². The molecule has 0 radical (unpaired) electrons. The van der Waals surface area contributed by atoms with E-state index >= 15 is 0 Å². The Labute approximate surface area is 145 Å². The first-order valence-corrected chi connectivity index (χ1v) is 8.43. The van der Waals surface area contributed by atoms with Crippen LogP contribution >= 0.6 is 0 Å². The van der Waals surface area contributed by atoms with Crippen molar-refractivity contribution in [1.82, 2.24) is 14.7 Å². The first-order chi connectivity index (χ1) is 12.1. The minimum absolute atomic E-state index is 0.0477. The van der Waals surface area contributed by atoms with E-state index in [0.717, 1.165) is 16.5 Å². The number of likely N-dealkylation sites (tertiary alicyclic amines) is 1. The summed E-state index contributed by atoms with van der Waals surface area (Å²) < 4.78 is 1.50. The normalized spacial score (nSPS) is 14.5. The van der Waals surface area contributed by atoms with E-state index in [-0.39, 0.29) is 17.4 Å². The molecule has 1 aliphatic rings. The van der Waals surface area contributed by atoms with Crippen LogP contribution in [0.2, 0.25) is 0 Å². The molecule has 0 spiro atoms. The highest BCUT2D eigenvalue weighted by Gasteiger charge is 2.31. The molecular weight excluding hydrogens is 314 g/mol. The molecule has 25 heavy (non-hydrogen) atoms. The van der Waals surface area contributed by atoms with Crippen LogP contribution in [0.4, 0.5) is 0 Å². The van der Waals surface area contributed by atoms with E-state index in [0.29, 0.717) is 25.2 Å². The first-order valence-electron chi connectivity index (χ1n) is 8.43. The molecule has 0 bridgehead atoms. The summed E-state index contributed by atoms with van der Waals surface area (Å²) in [5.41, 5.74) is 1.44. The van der Waals surface area contributed by atoms with Gasteiger partial charge in [0, 0.05) is 30.6 Å². The summed E-state index contributed by atoms with van der Waals surface area (Å²) in [5.74, 6) is 0.322. The Kier molecular flexibility index (Phi) is 3.84. The Hall–Kier alpha value is -2.95. The second-order valence-electron chi connectivity index (χ2n) is 6.63. The maximum Gasteiger partial charge on any atom is 0.266 e. The number of amides is 1. The van der Waals surface area contributed by atoms with E-state index in [4.69, 9.17) is 0 Å². The highest BCUT2D eigenvalue weighted by atomic mass is 16.2. The average molecular weight is 333 g/mol. The highest BCUT2D eigenvalue weighted by molar-refractivity contribution is 5.98. The van der Waals surface area contributed by atoms with Crippen LogP contribution < -0.4 is 5.56 Å². The van der Waals surface area contributed by atoms with Crippen LogP contribution in [-0.2, 0) is 6.54 Å². The van der Waals surface area contributed by atoms with Gasteiger partial charge >= 0.3 is 0 Å². The number of rotatable bonds is 3. The number of carbonyl (C=O) groups is 1. The fourth-order valence-corrected chi connectivity index (χ4v) is 3.28. The summed E-state index contributed by atoms with van der Waals surface area (Å²) >= 11 is 0. The second kappa shape index (κ2) is 6.16. The van der Waals surface area contributed by atoms with E-state index < -0.39 is 0 Å². The fraction of sp³-hybridized carbons (Fsp3) is 0.250. The smallest absolute Gasteiger partial charge is 0.266 e. The Bertz CT molecular complexity index is 1000. The molecule has 0 atom stereocenters. The molecule has 126 valence electrons. The predicted octanol–water partition coefficient (Wildman–Crippen LogP) is 2.48. The summed E-state index contributed by atoms with van der Waals surface area (Å²) in [5, 5.41) is 6.46. The van der Waals surface area contributed by atoms with Crippen molar-refractivity contribution < 1.29 is 4.79 Å². The van der Waals surface area contributed by atoms with Gasteiger partial charge < -0.3 is 4.90 Å².